The van der Waals surface area contributed by atoms with Crippen molar-refractivity contribution in [2.75, 3.05) is 19.9 Å². The van der Waals surface area contributed by atoms with Crippen molar-refractivity contribution in [3.63, 3.8) is 0 Å². The third-order valence-corrected chi connectivity index (χ3v) is 3.14. The maximum atomic E-state index is 11.6. The minimum atomic E-state index is -1.50. The van der Waals surface area contributed by atoms with Gasteiger partial charge in [0.2, 0.25) is 0 Å². The van der Waals surface area contributed by atoms with E-state index in [1.165, 1.54) is 24.3 Å². The molecule has 1 atom stereocenters. The number of unbranched alkanes of at least 4 members (excludes halogenated alkanes) is 1. The third-order valence-electron chi connectivity index (χ3n) is 3.14. The predicted molar refractivity (Wildman–Crippen MR) is 92.0 cm³/mol. The molecule has 1 rings (SSSR count). The van der Waals surface area contributed by atoms with E-state index in [0.29, 0.717) is 19.1 Å². The van der Waals surface area contributed by atoms with E-state index in [-0.39, 0.29) is 50.9 Å². The summed E-state index contributed by atoms with van der Waals surface area (Å²) in [6.07, 6.45) is 2.08. The molecular weight excluding hydrogens is 455 g/mol. The summed E-state index contributed by atoms with van der Waals surface area (Å²) in [6.45, 7) is 2.78. The summed E-state index contributed by atoms with van der Waals surface area (Å²) in [5.41, 5.74) is -0.0583. The molecule has 0 aliphatic rings. The zero-order valence-electron chi connectivity index (χ0n) is 15.4. The van der Waals surface area contributed by atoms with Crippen molar-refractivity contribution in [3.05, 3.63) is 44.5 Å². The number of non-ortho nitro benzene ring substituents is 1. The molecule has 1 amide bonds. The van der Waals surface area contributed by atoms with E-state index >= 15 is 0 Å². The maximum absolute atomic E-state index is 11.6. The van der Waals surface area contributed by atoms with Crippen molar-refractivity contribution in [1.82, 2.24) is 5.32 Å². The van der Waals surface area contributed by atoms with E-state index in [2.05, 4.69) is 5.32 Å². The number of amides is 1. The maximum Gasteiger partial charge on any atom is 0.412 e. The molecule has 0 aromatic heterocycles. The van der Waals surface area contributed by atoms with Crippen LogP contribution in [0.1, 0.15) is 26.2 Å². The van der Waals surface area contributed by atoms with Crippen LogP contribution in [0.5, 0.6) is 5.75 Å². The molecule has 0 spiro atoms. The molecule has 13 heteroatoms. The summed E-state index contributed by atoms with van der Waals surface area (Å²) in [7, 11) is 0. The molecule has 0 saturated carbocycles. The zero-order chi connectivity index (χ0) is 20.7. The Balaban J connectivity index is 0. The van der Waals surface area contributed by atoms with Crippen molar-refractivity contribution in [3.8, 4) is 5.75 Å². The second-order valence-corrected chi connectivity index (χ2v) is 5.41. The number of nitro groups is 1. The number of rotatable bonds is 10. The number of carbonyl (C=O) groups excluding carboxylic acids is 1. The van der Waals surface area contributed by atoms with Gasteiger partial charge in [-0.05, 0) is 30.9 Å². The number of hydrogen-bond acceptors (Lipinski definition) is 8. The molecule has 0 aliphatic carbocycles. The van der Waals surface area contributed by atoms with Gasteiger partial charge in [0.15, 0.2) is 0 Å². The number of aliphatic hydroxyl groups is 1. The topological polar surface area (TPSA) is 174 Å². The monoisotopic (exact) mass is 478 g/mol. The SMILES string of the molecule is CC(CCCCNC(=O)Oc1ccc([N+](=O)[O-])cc1)COCO.O=[N+]([O-])O.[Y]. The smallest absolute Gasteiger partial charge is 0.410 e. The number of carbonyl (C=O) groups is 1. The summed E-state index contributed by atoms with van der Waals surface area (Å²) < 4.78 is 9.91. The van der Waals surface area contributed by atoms with Gasteiger partial charge in [0.1, 0.15) is 12.5 Å². The van der Waals surface area contributed by atoms with Gasteiger partial charge in [0.05, 0.1) is 11.5 Å². The van der Waals surface area contributed by atoms with Gasteiger partial charge in [-0.1, -0.05) is 13.3 Å². The Morgan fingerprint density at radius 3 is 2.29 bits per heavy atom. The predicted octanol–water partition coefficient (Wildman–Crippen LogP) is 2.11. The molecule has 28 heavy (non-hydrogen) atoms. The fourth-order valence-electron chi connectivity index (χ4n) is 1.92. The van der Waals surface area contributed by atoms with E-state index in [9.17, 15) is 14.9 Å². The molecule has 0 saturated heterocycles. The van der Waals surface area contributed by atoms with Crippen LogP contribution in [-0.4, -0.2) is 46.4 Å². The van der Waals surface area contributed by atoms with Gasteiger partial charge >= 0.3 is 6.09 Å². The van der Waals surface area contributed by atoms with Crippen molar-refractivity contribution in [2.24, 2.45) is 5.92 Å². The molecule has 155 valence electrons. The van der Waals surface area contributed by atoms with E-state index < -0.39 is 16.1 Å². The molecule has 12 nitrogen and oxygen atoms in total. The number of aliphatic hydroxyl groups excluding tert-OH is 1. The zero-order valence-corrected chi connectivity index (χ0v) is 18.2. The first-order valence-corrected chi connectivity index (χ1v) is 7.98. The molecule has 1 aromatic rings. The van der Waals surface area contributed by atoms with Crippen LogP contribution in [0.15, 0.2) is 24.3 Å². The van der Waals surface area contributed by atoms with Crippen LogP contribution in [0.3, 0.4) is 0 Å². The minimum absolute atomic E-state index is 0. The van der Waals surface area contributed by atoms with Gasteiger partial charge in [0.25, 0.3) is 10.8 Å². The van der Waals surface area contributed by atoms with Gasteiger partial charge in [-0.3, -0.25) is 10.1 Å². The minimum Gasteiger partial charge on any atom is -0.410 e. The van der Waals surface area contributed by atoms with Gasteiger partial charge in [-0.25, -0.2) is 4.79 Å². The molecule has 0 fully saturated rings. The average Bonchev–Trinajstić information content (AvgIpc) is 2.59. The molecule has 1 unspecified atom stereocenters. The first-order chi connectivity index (χ1) is 12.8. The summed E-state index contributed by atoms with van der Waals surface area (Å²) >= 11 is 0. The Bertz CT molecular complexity index is 583. The number of ether oxygens (including phenoxy) is 2. The van der Waals surface area contributed by atoms with Crippen molar-refractivity contribution in [2.45, 2.75) is 26.2 Å². The number of hydrogen-bond donors (Lipinski definition) is 3. The Labute approximate surface area is 186 Å². The molecule has 0 bridgehead atoms. The molecule has 1 radical (unpaired) electrons. The van der Waals surface area contributed by atoms with Crippen molar-refractivity contribution >= 4 is 11.8 Å². The summed E-state index contributed by atoms with van der Waals surface area (Å²) in [6, 6.07) is 5.30. The number of nitrogens with zero attached hydrogens (tertiary/aromatic N) is 2. The Morgan fingerprint density at radius 2 is 1.79 bits per heavy atom. The van der Waals surface area contributed by atoms with Crippen molar-refractivity contribution in [1.29, 1.82) is 0 Å². The van der Waals surface area contributed by atoms with Crippen molar-refractivity contribution < 1.29 is 67.3 Å². The van der Waals surface area contributed by atoms with Gasteiger partial charge in [0, 0.05) is 51.4 Å². The fourth-order valence-corrected chi connectivity index (χ4v) is 1.92. The normalized spacial score (nSPS) is 10.5. The second kappa shape index (κ2) is 17.2. The molecule has 0 heterocycles. The van der Waals surface area contributed by atoms with E-state index in [4.69, 9.17) is 29.9 Å². The van der Waals surface area contributed by atoms with E-state index in [1.807, 2.05) is 6.92 Å². The quantitative estimate of drug-likeness (QED) is 0.197. The average molecular weight is 478 g/mol. The molecular formula is C15H23N3O9Y. The van der Waals surface area contributed by atoms with E-state index in [0.717, 1.165) is 19.3 Å². The number of nitrogens with one attached hydrogen (secondary N) is 1. The van der Waals surface area contributed by atoms with Crippen LogP contribution in [0.2, 0.25) is 0 Å². The largest absolute Gasteiger partial charge is 0.412 e. The Kier molecular flexibility index (Phi) is 17.4. The first-order valence-electron chi connectivity index (χ1n) is 7.98. The summed E-state index contributed by atoms with van der Waals surface area (Å²) in [4.78, 5) is 29.9. The summed E-state index contributed by atoms with van der Waals surface area (Å²) in [5, 5.41) is 35.3. The number of benzene rings is 1. The Morgan fingerprint density at radius 1 is 1.21 bits per heavy atom. The van der Waals surface area contributed by atoms with Crippen LogP contribution in [0, 0.1) is 26.1 Å². The third kappa shape index (κ3) is 16.3. The van der Waals surface area contributed by atoms with Crippen LogP contribution in [-0.2, 0) is 37.4 Å². The van der Waals surface area contributed by atoms with Gasteiger partial charge < -0.3 is 25.1 Å². The summed E-state index contributed by atoms with van der Waals surface area (Å²) in [5.74, 6) is 0.608. The fraction of sp³-hybridized carbons (Fsp3) is 0.533. The number of nitro benzene ring substituents is 1. The van der Waals surface area contributed by atoms with Gasteiger partial charge in [-0.2, -0.15) is 0 Å². The van der Waals surface area contributed by atoms with Gasteiger partial charge in [-0.15, -0.1) is 10.1 Å². The molecule has 0 aliphatic heterocycles. The second-order valence-electron chi connectivity index (χ2n) is 5.41. The Hall–Kier alpha value is -1.89. The molecule has 3 N–H and O–H groups in total. The van der Waals surface area contributed by atoms with Crippen LogP contribution in [0.4, 0.5) is 10.5 Å². The molecule has 1 aromatic carbocycles. The van der Waals surface area contributed by atoms with Crippen LogP contribution >= 0.6 is 0 Å². The van der Waals surface area contributed by atoms with E-state index in [1.54, 1.807) is 0 Å². The standard InChI is InChI=1S/C15H22N2O6.HNO3.Y/c1-12(10-22-11-18)4-2-3-9-16-15(19)23-14-7-5-13(6-8-14)17(20)21;2-1(3)4;/h5-8,12,18H,2-4,9-11H2,1H3,(H,16,19);(H,2,3,4);. The first kappa shape index (κ1) is 28.3. The van der Waals surface area contributed by atoms with Crippen LogP contribution < -0.4 is 10.1 Å². The van der Waals surface area contributed by atoms with Crippen LogP contribution in [0.25, 0.3) is 0 Å².